The largest absolute Gasteiger partial charge is 0.326 e. The minimum atomic E-state index is -0.184. The van der Waals surface area contributed by atoms with Crippen LogP contribution >= 0.6 is 0 Å². The van der Waals surface area contributed by atoms with Gasteiger partial charge in [-0.2, -0.15) is 0 Å². The molecule has 1 aliphatic carbocycles. The van der Waals surface area contributed by atoms with E-state index in [2.05, 4.69) is 5.32 Å². The average Bonchev–Trinajstić information content (AvgIpc) is 2.63. The van der Waals surface area contributed by atoms with Crippen LogP contribution in [0, 0.1) is 5.82 Å². The number of nitrogens with one attached hydrogen (secondary N) is 1. The summed E-state index contributed by atoms with van der Waals surface area (Å²) in [6, 6.07) is 7.31. The average molecular weight is 208 g/mol. The molecule has 2 atom stereocenters. The van der Waals surface area contributed by atoms with Gasteiger partial charge in [0.2, 0.25) is 0 Å². The first-order valence-corrected chi connectivity index (χ1v) is 5.49. The van der Waals surface area contributed by atoms with E-state index >= 15 is 0 Å². The number of hydrogen-bond acceptors (Lipinski definition) is 2. The summed E-state index contributed by atoms with van der Waals surface area (Å²) in [7, 11) is 0. The van der Waals surface area contributed by atoms with Crippen LogP contribution in [-0.4, -0.2) is 12.1 Å². The molecule has 1 saturated carbocycles. The highest BCUT2D eigenvalue weighted by Gasteiger charge is 2.22. The van der Waals surface area contributed by atoms with Crippen molar-refractivity contribution in [3.63, 3.8) is 0 Å². The molecule has 1 aromatic carbocycles. The molecule has 15 heavy (non-hydrogen) atoms. The molecule has 0 spiro atoms. The maximum Gasteiger partial charge on any atom is 0.123 e. The van der Waals surface area contributed by atoms with E-state index in [0.717, 1.165) is 24.9 Å². The molecule has 0 saturated heterocycles. The van der Waals surface area contributed by atoms with Crippen LogP contribution in [0.3, 0.4) is 0 Å². The molecule has 0 aliphatic heterocycles. The summed E-state index contributed by atoms with van der Waals surface area (Å²) in [5.74, 6) is -0.184. The van der Waals surface area contributed by atoms with Gasteiger partial charge in [-0.15, -0.1) is 0 Å². The van der Waals surface area contributed by atoms with Gasteiger partial charge in [0.25, 0.3) is 0 Å². The number of halogens is 1. The van der Waals surface area contributed by atoms with E-state index in [1.807, 2.05) is 12.1 Å². The fourth-order valence-corrected chi connectivity index (χ4v) is 2.09. The number of nitrogens with two attached hydrogens (primary N) is 1. The Morgan fingerprint density at radius 1 is 1.27 bits per heavy atom. The van der Waals surface area contributed by atoms with E-state index in [1.54, 1.807) is 0 Å². The van der Waals surface area contributed by atoms with Crippen molar-refractivity contribution in [1.82, 2.24) is 5.32 Å². The monoisotopic (exact) mass is 208 g/mol. The predicted molar refractivity (Wildman–Crippen MR) is 58.9 cm³/mol. The van der Waals surface area contributed by atoms with Crippen molar-refractivity contribution in [1.29, 1.82) is 0 Å². The summed E-state index contributed by atoms with van der Waals surface area (Å²) in [6.45, 7) is 0.776. The third-order valence-electron chi connectivity index (χ3n) is 3.05. The fraction of sp³-hybridized carbons (Fsp3) is 0.500. The molecule has 3 heteroatoms. The first kappa shape index (κ1) is 10.6. The Labute approximate surface area is 89.7 Å². The van der Waals surface area contributed by atoms with Crippen molar-refractivity contribution in [3.8, 4) is 0 Å². The Morgan fingerprint density at radius 3 is 2.60 bits per heavy atom. The number of hydrogen-bond donors (Lipinski definition) is 2. The van der Waals surface area contributed by atoms with Crippen LogP contribution in [0.1, 0.15) is 24.8 Å². The van der Waals surface area contributed by atoms with Gasteiger partial charge in [0, 0.05) is 18.6 Å². The van der Waals surface area contributed by atoms with Crippen molar-refractivity contribution < 1.29 is 4.39 Å². The molecule has 82 valence electrons. The summed E-state index contributed by atoms with van der Waals surface area (Å²) in [4.78, 5) is 0. The summed E-state index contributed by atoms with van der Waals surface area (Å²) in [5.41, 5.74) is 7.05. The Kier molecular flexibility index (Phi) is 3.34. The van der Waals surface area contributed by atoms with Crippen molar-refractivity contribution in [2.75, 3.05) is 0 Å². The lowest BCUT2D eigenvalue weighted by atomic mass is 10.1. The van der Waals surface area contributed by atoms with Gasteiger partial charge in [0.05, 0.1) is 0 Å². The van der Waals surface area contributed by atoms with Crippen LogP contribution in [0.25, 0.3) is 0 Å². The molecule has 1 fully saturated rings. The number of rotatable bonds is 3. The molecule has 0 radical (unpaired) electrons. The third kappa shape index (κ3) is 2.76. The Balaban J connectivity index is 1.85. The highest BCUT2D eigenvalue weighted by Crippen LogP contribution is 2.17. The molecule has 1 aromatic rings. The van der Waals surface area contributed by atoms with Crippen LogP contribution in [0.4, 0.5) is 4.39 Å². The fourth-order valence-electron chi connectivity index (χ4n) is 2.09. The van der Waals surface area contributed by atoms with Crippen LogP contribution in [0.15, 0.2) is 24.3 Å². The van der Waals surface area contributed by atoms with Gasteiger partial charge in [-0.25, -0.2) is 4.39 Å². The molecule has 2 rings (SSSR count). The topological polar surface area (TPSA) is 38.0 Å². The van der Waals surface area contributed by atoms with E-state index in [9.17, 15) is 4.39 Å². The molecule has 0 bridgehead atoms. The van der Waals surface area contributed by atoms with Crippen LogP contribution in [0.2, 0.25) is 0 Å². The van der Waals surface area contributed by atoms with Gasteiger partial charge in [0.1, 0.15) is 5.82 Å². The standard InChI is InChI=1S/C12H17FN2/c13-10-6-4-9(5-7-10)8-15-12-3-1-2-11(12)14/h4-7,11-12,15H,1-3,8,14H2/t11-,12+/m0/s1. The second-order valence-electron chi connectivity index (χ2n) is 4.21. The molecule has 0 aromatic heterocycles. The third-order valence-corrected chi connectivity index (χ3v) is 3.05. The van der Waals surface area contributed by atoms with E-state index in [1.165, 1.54) is 18.6 Å². The zero-order chi connectivity index (χ0) is 10.7. The lowest BCUT2D eigenvalue weighted by Crippen LogP contribution is -2.40. The number of benzene rings is 1. The first-order chi connectivity index (χ1) is 7.25. The molecule has 1 aliphatic rings. The van der Waals surface area contributed by atoms with Crippen molar-refractivity contribution in [2.24, 2.45) is 5.73 Å². The Bertz CT molecular complexity index is 310. The Morgan fingerprint density at radius 2 is 2.00 bits per heavy atom. The van der Waals surface area contributed by atoms with Crippen molar-refractivity contribution in [2.45, 2.75) is 37.9 Å². The lowest BCUT2D eigenvalue weighted by molar-refractivity contribution is 0.475. The van der Waals surface area contributed by atoms with Crippen molar-refractivity contribution in [3.05, 3.63) is 35.6 Å². The van der Waals surface area contributed by atoms with E-state index < -0.39 is 0 Å². The van der Waals surface area contributed by atoms with Gasteiger partial charge in [-0.05, 0) is 30.5 Å². The van der Waals surface area contributed by atoms with Crippen LogP contribution in [0.5, 0.6) is 0 Å². The quantitative estimate of drug-likeness (QED) is 0.794. The van der Waals surface area contributed by atoms with E-state index in [4.69, 9.17) is 5.73 Å². The molecule has 2 nitrogen and oxygen atoms in total. The van der Waals surface area contributed by atoms with Gasteiger partial charge in [-0.3, -0.25) is 0 Å². The minimum Gasteiger partial charge on any atom is -0.326 e. The molecule has 0 unspecified atom stereocenters. The first-order valence-electron chi connectivity index (χ1n) is 5.49. The minimum absolute atomic E-state index is 0.184. The molecule has 0 heterocycles. The second-order valence-corrected chi connectivity index (χ2v) is 4.21. The van der Waals surface area contributed by atoms with Crippen molar-refractivity contribution >= 4 is 0 Å². The highest BCUT2D eigenvalue weighted by molar-refractivity contribution is 5.15. The zero-order valence-electron chi connectivity index (χ0n) is 8.75. The lowest BCUT2D eigenvalue weighted by Gasteiger charge is -2.17. The van der Waals surface area contributed by atoms with Gasteiger partial charge >= 0.3 is 0 Å². The van der Waals surface area contributed by atoms with Gasteiger partial charge in [0.15, 0.2) is 0 Å². The van der Waals surface area contributed by atoms with Gasteiger partial charge < -0.3 is 11.1 Å². The molecular formula is C12H17FN2. The van der Waals surface area contributed by atoms with Crippen LogP contribution in [-0.2, 0) is 6.54 Å². The van der Waals surface area contributed by atoms with Crippen LogP contribution < -0.4 is 11.1 Å². The maximum atomic E-state index is 12.6. The zero-order valence-corrected chi connectivity index (χ0v) is 8.75. The Hall–Kier alpha value is -0.930. The normalized spacial score (nSPS) is 25.7. The predicted octanol–water partition coefficient (Wildman–Crippen LogP) is 1.80. The van der Waals surface area contributed by atoms with E-state index in [0.29, 0.717) is 6.04 Å². The SMILES string of the molecule is N[C@H]1CCC[C@H]1NCc1ccc(F)cc1. The molecule has 3 N–H and O–H groups in total. The maximum absolute atomic E-state index is 12.6. The summed E-state index contributed by atoms with van der Waals surface area (Å²) >= 11 is 0. The molecular weight excluding hydrogens is 191 g/mol. The summed E-state index contributed by atoms with van der Waals surface area (Å²) < 4.78 is 12.6. The highest BCUT2D eigenvalue weighted by atomic mass is 19.1. The van der Waals surface area contributed by atoms with E-state index in [-0.39, 0.29) is 11.9 Å². The molecule has 0 amide bonds. The summed E-state index contributed by atoms with van der Waals surface area (Å²) in [5, 5.41) is 3.42. The second kappa shape index (κ2) is 4.73. The van der Waals surface area contributed by atoms with Gasteiger partial charge in [-0.1, -0.05) is 18.6 Å². The summed E-state index contributed by atoms with van der Waals surface area (Å²) in [6.07, 6.45) is 3.48. The smallest absolute Gasteiger partial charge is 0.123 e.